The Balaban J connectivity index is 1.74. The number of nitrogens with zero attached hydrogens (tertiary/aromatic N) is 3. The minimum Gasteiger partial charge on any atom is -0.394 e. The van der Waals surface area contributed by atoms with Crippen molar-refractivity contribution < 1.29 is 23.9 Å². The zero-order chi connectivity index (χ0) is 24.1. The van der Waals surface area contributed by atoms with E-state index in [2.05, 4.69) is 10.4 Å². The summed E-state index contributed by atoms with van der Waals surface area (Å²) in [5.74, 6) is -2.42. The molecule has 33 heavy (non-hydrogen) atoms. The molecule has 4 N–H and O–H groups in total. The Labute approximate surface area is 193 Å². The Morgan fingerprint density at radius 2 is 1.97 bits per heavy atom. The first-order valence-electron chi connectivity index (χ1n) is 10.1. The van der Waals surface area contributed by atoms with Gasteiger partial charge in [0.2, 0.25) is 11.8 Å². The summed E-state index contributed by atoms with van der Waals surface area (Å²) in [7, 11) is 0. The third kappa shape index (κ3) is 5.47. The van der Waals surface area contributed by atoms with E-state index < -0.39 is 29.6 Å². The van der Waals surface area contributed by atoms with Crippen molar-refractivity contribution >= 4 is 40.2 Å². The number of primary amides is 1. The Bertz CT molecular complexity index is 1200. The number of aromatic nitrogens is 2. The van der Waals surface area contributed by atoms with Gasteiger partial charge in [-0.3, -0.25) is 19.1 Å². The Morgan fingerprint density at radius 3 is 2.67 bits per heavy atom. The molecule has 3 amide bonds. The van der Waals surface area contributed by atoms with Crippen molar-refractivity contribution in [3.05, 3.63) is 64.6 Å². The molecule has 1 heterocycles. The third-order valence-electron chi connectivity index (χ3n) is 5.11. The molecule has 0 aliphatic carbocycles. The average Bonchev–Trinajstić information content (AvgIpc) is 3.16. The lowest BCUT2D eigenvalue weighted by Crippen LogP contribution is -2.47. The molecule has 3 aromatic rings. The van der Waals surface area contributed by atoms with Crippen LogP contribution < -0.4 is 11.1 Å². The minimum absolute atomic E-state index is 0.0291. The van der Waals surface area contributed by atoms with Crippen molar-refractivity contribution in [3.8, 4) is 0 Å². The van der Waals surface area contributed by atoms with Crippen molar-refractivity contribution in [2.75, 3.05) is 13.2 Å². The van der Waals surface area contributed by atoms with Gasteiger partial charge >= 0.3 is 0 Å². The molecule has 11 heteroatoms. The highest BCUT2D eigenvalue weighted by molar-refractivity contribution is 6.30. The fourth-order valence-corrected chi connectivity index (χ4v) is 3.52. The number of hydrogen-bond donors (Lipinski definition) is 3. The number of nitrogens with one attached hydrogen (secondary N) is 1. The lowest BCUT2D eigenvalue weighted by molar-refractivity contribution is -0.139. The number of carbonyl (C=O) groups excluding carboxylic acids is 3. The topological polar surface area (TPSA) is 131 Å². The second-order valence-electron chi connectivity index (χ2n) is 7.43. The van der Waals surface area contributed by atoms with Gasteiger partial charge in [0.1, 0.15) is 12.4 Å². The fourth-order valence-electron chi connectivity index (χ4n) is 3.33. The van der Waals surface area contributed by atoms with Crippen molar-refractivity contribution in [1.29, 1.82) is 0 Å². The number of fused-ring (bicyclic) bond motifs is 1. The molecule has 174 valence electrons. The van der Waals surface area contributed by atoms with Gasteiger partial charge in [-0.15, -0.1) is 0 Å². The van der Waals surface area contributed by atoms with Gasteiger partial charge < -0.3 is 21.1 Å². The molecule has 0 bridgehead atoms. The zero-order valence-corrected chi connectivity index (χ0v) is 18.6. The maximum atomic E-state index is 14.0. The minimum atomic E-state index is -0.731. The maximum Gasteiger partial charge on any atom is 0.269 e. The second-order valence-corrected chi connectivity index (χ2v) is 7.84. The summed E-state index contributed by atoms with van der Waals surface area (Å²) in [6, 6.07) is 10.6. The van der Waals surface area contributed by atoms with Crippen LogP contribution in [0.5, 0.6) is 0 Å². The number of aliphatic hydroxyl groups excluding tert-OH is 1. The number of nitrogens with two attached hydrogens (primary N) is 1. The Kier molecular flexibility index (Phi) is 7.62. The van der Waals surface area contributed by atoms with Gasteiger partial charge in [-0.1, -0.05) is 41.9 Å². The number of rotatable bonds is 9. The van der Waals surface area contributed by atoms with Crippen LogP contribution in [0.3, 0.4) is 0 Å². The first kappa shape index (κ1) is 24.1. The molecular weight excluding hydrogens is 453 g/mol. The van der Waals surface area contributed by atoms with Crippen LogP contribution in [-0.2, 0) is 22.7 Å². The number of amides is 3. The largest absolute Gasteiger partial charge is 0.394 e. The second kappa shape index (κ2) is 10.4. The first-order chi connectivity index (χ1) is 15.7. The van der Waals surface area contributed by atoms with E-state index in [4.69, 9.17) is 17.3 Å². The van der Waals surface area contributed by atoms with Gasteiger partial charge in [-0.25, -0.2) is 4.39 Å². The quantitative estimate of drug-likeness (QED) is 0.431. The Hall–Kier alpha value is -3.50. The van der Waals surface area contributed by atoms with Crippen LogP contribution in [0, 0.1) is 5.82 Å². The molecule has 9 nitrogen and oxygen atoms in total. The molecule has 0 saturated heterocycles. The van der Waals surface area contributed by atoms with Gasteiger partial charge in [0.25, 0.3) is 5.91 Å². The molecule has 0 fully saturated rings. The SMILES string of the molecule is C[C@H](CO)N(CC(=O)NCc1cccc(Cl)c1F)C(=O)Cn1nc(C(N)=O)c2ccccc21. The highest BCUT2D eigenvalue weighted by atomic mass is 35.5. The average molecular weight is 476 g/mol. The van der Waals surface area contributed by atoms with E-state index >= 15 is 0 Å². The van der Waals surface area contributed by atoms with Crippen molar-refractivity contribution in [3.63, 3.8) is 0 Å². The van der Waals surface area contributed by atoms with Crippen LogP contribution in [0.25, 0.3) is 10.9 Å². The van der Waals surface area contributed by atoms with Gasteiger partial charge in [0.15, 0.2) is 5.69 Å². The first-order valence-corrected chi connectivity index (χ1v) is 10.5. The molecule has 0 unspecified atom stereocenters. The molecule has 0 aliphatic rings. The predicted octanol–water partition coefficient (Wildman–Crippen LogP) is 1.45. The van der Waals surface area contributed by atoms with Crippen molar-refractivity contribution in [2.45, 2.75) is 26.1 Å². The molecule has 0 saturated carbocycles. The number of carbonyl (C=O) groups is 3. The number of hydrogen-bond acceptors (Lipinski definition) is 5. The van der Waals surface area contributed by atoms with E-state index in [0.29, 0.717) is 10.9 Å². The van der Waals surface area contributed by atoms with Crippen LogP contribution in [0.1, 0.15) is 23.0 Å². The highest BCUT2D eigenvalue weighted by Crippen LogP contribution is 2.19. The van der Waals surface area contributed by atoms with Gasteiger partial charge in [-0.2, -0.15) is 5.10 Å². The van der Waals surface area contributed by atoms with E-state index in [9.17, 15) is 23.9 Å². The molecule has 0 radical (unpaired) electrons. The monoisotopic (exact) mass is 475 g/mol. The standard InChI is InChI=1S/C22H23ClFN5O4/c1-13(12-30)28(10-18(31)26-9-14-5-4-7-16(23)20(14)24)19(32)11-29-17-8-3-2-6-15(17)21(27-29)22(25)33/h2-8,13,30H,9-12H2,1H3,(H2,25,33)(H,26,31)/t13-/m1/s1. The van der Waals surface area contributed by atoms with E-state index in [0.717, 1.165) is 0 Å². The van der Waals surface area contributed by atoms with Crippen LogP contribution in [-0.4, -0.2) is 56.7 Å². The summed E-state index contributed by atoms with van der Waals surface area (Å²) in [6.07, 6.45) is 0. The number of halogens is 2. The van der Waals surface area contributed by atoms with Crippen LogP contribution in [0.4, 0.5) is 4.39 Å². The predicted molar refractivity (Wildman–Crippen MR) is 120 cm³/mol. The van der Waals surface area contributed by atoms with Gasteiger partial charge in [0, 0.05) is 17.5 Å². The molecule has 0 spiro atoms. The third-order valence-corrected chi connectivity index (χ3v) is 5.41. The summed E-state index contributed by atoms with van der Waals surface area (Å²) in [6.45, 7) is 0.428. The lowest BCUT2D eigenvalue weighted by Gasteiger charge is -2.27. The van der Waals surface area contributed by atoms with Crippen LogP contribution in [0.2, 0.25) is 5.02 Å². The summed E-state index contributed by atoms with van der Waals surface area (Å²) in [4.78, 5) is 38.4. The number of para-hydroxylation sites is 1. The molecular formula is C22H23ClFN5O4. The maximum absolute atomic E-state index is 14.0. The van der Waals surface area contributed by atoms with E-state index in [1.54, 1.807) is 37.3 Å². The fraction of sp³-hybridized carbons (Fsp3) is 0.273. The van der Waals surface area contributed by atoms with Crippen LogP contribution in [0.15, 0.2) is 42.5 Å². The highest BCUT2D eigenvalue weighted by Gasteiger charge is 2.25. The molecule has 1 atom stereocenters. The van der Waals surface area contributed by atoms with Crippen LogP contribution >= 0.6 is 11.6 Å². The normalized spacial score (nSPS) is 11.9. The van der Waals surface area contributed by atoms with E-state index in [1.165, 1.54) is 21.7 Å². The van der Waals surface area contributed by atoms with E-state index in [1.807, 2.05) is 0 Å². The van der Waals surface area contributed by atoms with E-state index in [-0.39, 0.29) is 42.5 Å². The van der Waals surface area contributed by atoms with Gasteiger partial charge in [-0.05, 0) is 19.1 Å². The number of aliphatic hydroxyl groups is 1. The smallest absolute Gasteiger partial charge is 0.269 e. The Morgan fingerprint density at radius 1 is 1.24 bits per heavy atom. The van der Waals surface area contributed by atoms with Crippen molar-refractivity contribution in [1.82, 2.24) is 20.0 Å². The summed E-state index contributed by atoms with van der Waals surface area (Å²) in [5.41, 5.74) is 6.14. The van der Waals surface area contributed by atoms with Gasteiger partial charge in [0.05, 0.1) is 29.7 Å². The summed E-state index contributed by atoms with van der Waals surface area (Å²) < 4.78 is 15.4. The molecule has 1 aromatic heterocycles. The molecule has 3 rings (SSSR count). The summed E-state index contributed by atoms with van der Waals surface area (Å²) in [5, 5.41) is 16.7. The lowest BCUT2D eigenvalue weighted by atomic mass is 10.2. The summed E-state index contributed by atoms with van der Waals surface area (Å²) >= 11 is 5.75. The molecule has 0 aliphatic heterocycles. The van der Waals surface area contributed by atoms with Crippen molar-refractivity contribution in [2.24, 2.45) is 5.73 Å². The number of benzene rings is 2. The zero-order valence-electron chi connectivity index (χ0n) is 17.8. The molecule has 2 aromatic carbocycles.